The molecule has 0 radical (unpaired) electrons. The zero-order valence-corrected chi connectivity index (χ0v) is 16.3. The van der Waals surface area contributed by atoms with Crippen molar-refractivity contribution in [2.75, 3.05) is 45.9 Å². The Bertz CT molecular complexity index is 572. The quantitative estimate of drug-likeness (QED) is 0.780. The molecule has 7 nitrogen and oxygen atoms in total. The fourth-order valence-electron chi connectivity index (χ4n) is 6.00. The van der Waals surface area contributed by atoms with Gasteiger partial charge in [0.25, 0.3) is 0 Å². The Hall–Kier alpha value is -1.34. The molecular weight excluding hydrogens is 346 g/mol. The third kappa shape index (κ3) is 3.44. The summed E-state index contributed by atoms with van der Waals surface area (Å²) in [7, 11) is 0. The smallest absolute Gasteiger partial charge is 0.317 e. The van der Waals surface area contributed by atoms with Crippen LogP contribution in [0.4, 0.5) is 4.79 Å². The van der Waals surface area contributed by atoms with E-state index in [0.717, 1.165) is 52.0 Å². The fourth-order valence-corrected chi connectivity index (χ4v) is 6.00. The number of ether oxygens (including phenoxy) is 1. The van der Waals surface area contributed by atoms with Crippen LogP contribution in [0.2, 0.25) is 0 Å². The first-order valence-electron chi connectivity index (χ1n) is 10.6. The predicted molar refractivity (Wildman–Crippen MR) is 101 cm³/mol. The van der Waals surface area contributed by atoms with E-state index in [-0.39, 0.29) is 17.5 Å². The van der Waals surface area contributed by atoms with Crippen molar-refractivity contribution in [1.82, 2.24) is 15.1 Å². The van der Waals surface area contributed by atoms with Crippen LogP contribution >= 0.6 is 0 Å². The van der Waals surface area contributed by atoms with E-state index in [1.54, 1.807) is 4.90 Å². The number of carboxylic acid groups (broad SMARTS) is 1. The summed E-state index contributed by atoms with van der Waals surface area (Å²) >= 11 is 0. The monoisotopic (exact) mass is 379 g/mol. The average Bonchev–Trinajstić information content (AvgIpc) is 3.26. The zero-order chi connectivity index (χ0) is 18.9. The Morgan fingerprint density at radius 1 is 1.07 bits per heavy atom. The third-order valence-corrected chi connectivity index (χ3v) is 7.62. The number of rotatable bonds is 4. The Balaban J connectivity index is 1.39. The first-order chi connectivity index (χ1) is 13.1. The summed E-state index contributed by atoms with van der Waals surface area (Å²) in [6, 6.07) is -0.0803. The Morgan fingerprint density at radius 2 is 1.81 bits per heavy atom. The van der Waals surface area contributed by atoms with Gasteiger partial charge in [-0.2, -0.15) is 0 Å². The van der Waals surface area contributed by atoms with Crippen LogP contribution in [0.5, 0.6) is 0 Å². The lowest BCUT2D eigenvalue weighted by Gasteiger charge is -2.48. The number of aliphatic carboxylic acids is 1. The second-order valence-corrected chi connectivity index (χ2v) is 8.97. The molecule has 2 N–H and O–H groups in total. The van der Waals surface area contributed by atoms with Gasteiger partial charge < -0.3 is 20.1 Å². The van der Waals surface area contributed by atoms with Crippen molar-refractivity contribution < 1.29 is 19.4 Å². The summed E-state index contributed by atoms with van der Waals surface area (Å²) in [5.41, 5.74) is -0.665. The molecule has 2 saturated carbocycles. The highest BCUT2D eigenvalue weighted by Gasteiger charge is 2.56. The van der Waals surface area contributed by atoms with Crippen molar-refractivity contribution in [3.8, 4) is 0 Å². The van der Waals surface area contributed by atoms with Crippen molar-refractivity contribution in [1.29, 1.82) is 0 Å². The van der Waals surface area contributed by atoms with Gasteiger partial charge in [0.1, 0.15) is 0 Å². The molecule has 0 bridgehead atoms. The number of morpholine rings is 1. The number of likely N-dealkylation sites (tertiary alicyclic amines) is 1. The molecule has 0 spiro atoms. The van der Waals surface area contributed by atoms with Crippen molar-refractivity contribution in [3.63, 3.8) is 0 Å². The number of nitrogens with one attached hydrogen (secondary N) is 1. The SMILES string of the molecule is O=C(NCC1(N2CCOCC2)CCCCC1)N1C[C@@H]2CCC[C@@]2(C(=O)O)C1. The van der Waals surface area contributed by atoms with Crippen LogP contribution in [0.1, 0.15) is 51.4 Å². The molecule has 0 aromatic rings. The molecule has 152 valence electrons. The second kappa shape index (κ2) is 7.59. The van der Waals surface area contributed by atoms with Gasteiger partial charge in [-0.15, -0.1) is 0 Å². The standard InChI is InChI=1S/C20H33N3O4/c24-17(25)20-8-4-5-16(20)13-22(15-20)18(26)21-14-19(6-2-1-3-7-19)23-9-11-27-12-10-23/h16H,1-15H2,(H,21,26)(H,24,25)/t16-,20+/m0/s1. The van der Waals surface area contributed by atoms with Gasteiger partial charge in [-0.25, -0.2) is 4.79 Å². The maximum atomic E-state index is 12.9. The minimum atomic E-state index is -0.725. The van der Waals surface area contributed by atoms with Crippen molar-refractivity contribution >= 4 is 12.0 Å². The number of carbonyl (C=O) groups is 2. The number of urea groups is 1. The fraction of sp³-hybridized carbons (Fsp3) is 0.900. The molecule has 2 heterocycles. The maximum absolute atomic E-state index is 12.9. The summed E-state index contributed by atoms with van der Waals surface area (Å²) in [4.78, 5) is 29.0. The van der Waals surface area contributed by atoms with Crippen LogP contribution in [-0.2, 0) is 9.53 Å². The van der Waals surface area contributed by atoms with E-state index >= 15 is 0 Å². The van der Waals surface area contributed by atoms with E-state index in [9.17, 15) is 14.7 Å². The molecule has 2 atom stereocenters. The normalized spacial score (nSPS) is 33.6. The van der Waals surface area contributed by atoms with Crippen LogP contribution in [0.15, 0.2) is 0 Å². The highest BCUT2D eigenvalue weighted by Crippen LogP contribution is 2.48. The van der Waals surface area contributed by atoms with Crippen LogP contribution in [0.3, 0.4) is 0 Å². The summed E-state index contributed by atoms with van der Waals surface area (Å²) in [6.07, 6.45) is 8.52. The van der Waals surface area contributed by atoms with E-state index in [0.29, 0.717) is 26.1 Å². The highest BCUT2D eigenvalue weighted by atomic mass is 16.5. The van der Waals surface area contributed by atoms with E-state index in [1.165, 1.54) is 19.3 Å². The van der Waals surface area contributed by atoms with Gasteiger partial charge in [0.2, 0.25) is 0 Å². The van der Waals surface area contributed by atoms with Gasteiger partial charge in [-0.3, -0.25) is 9.69 Å². The Labute approximate surface area is 161 Å². The van der Waals surface area contributed by atoms with Gasteiger partial charge in [-0.1, -0.05) is 25.7 Å². The number of amides is 2. The lowest BCUT2D eigenvalue weighted by atomic mass is 9.80. The minimum absolute atomic E-state index is 0.0395. The highest BCUT2D eigenvalue weighted by molar-refractivity contribution is 5.80. The maximum Gasteiger partial charge on any atom is 0.317 e. The largest absolute Gasteiger partial charge is 0.481 e. The molecule has 7 heteroatoms. The number of hydrogen-bond acceptors (Lipinski definition) is 4. The molecule has 4 aliphatic rings. The second-order valence-electron chi connectivity index (χ2n) is 8.97. The number of fused-ring (bicyclic) bond motifs is 1. The molecule has 0 aromatic heterocycles. The van der Waals surface area contributed by atoms with Crippen molar-refractivity contribution in [2.45, 2.75) is 56.9 Å². The van der Waals surface area contributed by atoms with E-state index in [2.05, 4.69) is 10.2 Å². The van der Waals surface area contributed by atoms with E-state index in [1.807, 2.05) is 0 Å². The van der Waals surface area contributed by atoms with Gasteiger partial charge >= 0.3 is 12.0 Å². The molecule has 2 amide bonds. The number of carboxylic acids is 1. The topological polar surface area (TPSA) is 82.1 Å². The van der Waals surface area contributed by atoms with Crippen LogP contribution < -0.4 is 5.32 Å². The van der Waals surface area contributed by atoms with E-state index < -0.39 is 11.4 Å². The van der Waals surface area contributed by atoms with Gasteiger partial charge in [-0.05, 0) is 31.6 Å². The van der Waals surface area contributed by atoms with Gasteiger partial charge in [0.05, 0.1) is 18.6 Å². The number of hydrogen-bond donors (Lipinski definition) is 2. The van der Waals surface area contributed by atoms with Crippen LogP contribution in [-0.4, -0.2) is 78.4 Å². The Kier molecular flexibility index (Phi) is 5.34. The summed E-state index contributed by atoms with van der Waals surface area (Å²) in [6.45, 7) is 5.02. The first kappa shape index (κ1) is 19.0. The number of nitrogens with zero attached hydrogens (tertiary/aromatic N) is 2. The summed E-state index contributed by atoms with van der Waals surface area (Å²) < 4.78 is 5.53. The zero-order valence-electron chi connectivity index (χ0n) is 16.3. The van der Waals surface area contributed by atoms with Crippen LogP contribution in [0, 0.1) is 11.3 Å². The molecule has 2 aliphatic carbocycles. The summed E-state index contributed by atoms with van der Waals surface area (Å²) in [5.74, 6) is -0.610. The molecule has 4 rings (SSSR count). The van der Waals surface area contributed by atoms with Gasteiger partial charge in [0.15, 0.2) is 0 Å². The average molecular weight is 380 g/mol. The van der Waals surface area contributed by atoms with E-state index in [4.69, 9.17) is 4.74 Å². The minimum Gasteiger partial charge on any atom is -0.481 e. The molecule has 0 aromatic carbocycles. The summed E-state index contributed by atoms with van der Waals surface area (Å²) in [5, 5.41) is 12.9. The molecule has 27 heavy (non-hydrogen) atoms. The predicted octanol–water partition coefficient (Wildman–Crippen LogP) is 1.92. The molecular formula is C20H33N3O4. The first-order valence-corrected chi connectivity index (χ1v) is 10.6. The van der Waals surface area contributed by atoms with Crippen LogP contribution in [0.25, 0.3) is 0 Å². The molecule has 4 fully saturated rings. The third-order valence-electron chi connectivity index (χ3n) is 7.62. The van der Waals surface area contributed by atoms with Crippen molar-refractivity contribution in [3.05, 3.63) is 0 Å². The number of carbonyl (C=O) groups excluding carboxylic acids is 1. The molecule has 2 saturated heterocycles. The molecule has 2 aliphatic heterocycles. The Morgan fingerprint density at radius 3 is 2.48 bits per heavy atom. The lowest BCUT2D eigenvalue weighted by molar-refractivity contribution is -0.149. The molecule has 0 unspecified atom stereocenters. The van der Waals surface area contributed by atoms with Gasteiger partial charge in [0, 0.05) is 38.3 Å². The lowest BCUT2D eigenvalue weighted by Crippen LogP contribution is -2.60. The van der Waals surface area contributed by atoms with Crippen molar-refractivity contribution in [2.24, 2.45) is 11.3 Å².